The van der Waals surface area contributed by atoms with E-state index >= 15 is 0 Å². The van der Waals surface area contributed by atoms with Gasteiger partial charge in [0.2, 0.25) is 0 Å². The van der Waals surface area contributed by atoms with E-state index in [0.717, 1.165) is 0 Å². The predicted molar refractivity (Wildman–Crippen MR) is 58.5 cm³/mol. The number of nitrogens with zero attached hydrogens (tertiary/aromatic N) is 3. The third-order valence-electron chi connectivity index (χ3n) is 1.46. The van der Waals surface area contributed by atoms with Gasteiger partial charge >= 0.3 is 0 Å². The van der Waals surface area contributed by atoms with Crippen LogP contribution in [0.15, 0.2) is 6.20 Å². The van der Waals surface area contributed by atoms with E-state index in [1.54, 1.807) is 0 Å². The maximum Gasteiger partial charge on any atom is 0.138 e. The molecule has 0 amide bonds. The summed E-state index contributed by atoms with van der Waals surface area (Å²) in [5.74, 6) is 0. The SMILES string of the molecule is N#Cc1c(C(N)=S)cnnc1C(N)=S. The Balaban J connectivity index is 3.50. The summed E-state index contributed by atoms with van der Waals surface area (Å²) < 4.78 is 0. The lowest BCUT2D eigenvalue weighted by Gasteiger charge is -2.03. The highest BCUT2D eigenvalue weighted by Crippen LogP contribution is 2.09. The summed E-state index contributed by atoms with van der Waals surface area (Å²) in [4.78, 5) is 0.0566. The first-order chi connectivity index (χ1) is 6.57. The number of hydrogen-bond acceptors (Lipinski definition) is 5. The van der Waals surface area contributed by atoms with Crippen LogP contribution in [0.2, 0.25) is 0 Å². The molecule has 0 saturated heterocycles. The van der Waals surface area contributed by atoms with Crippen LogP contribution in [0.4, 0.5) is 0 Å². The van der Waals surface area contributed by atoms with Crippen molar-refractivity contribution >= 4 is 34.4 Å². The van der Waals surface area contributed by atoms with Crippen LogP contribution in [0.5, 0.6) is 0 Å². The first-order valence-corrected chi connectivity index (χ1v) is 4.25. The fourth-order valence-electron chi connectivity index (χ4n) is 0.859. The molecular weight excluding hydrogens is 218 g/mol. The second-order valence-corrected chi connectivity index (χ2v) is 3.20. The van der Waals surface area contributed by atoms with Gasteiger partial charge in [-0.1, -0.05) is 24.4 Å². The molecule has 1 rings (SSSR count). The summed E-state index contributed by atoms with van der Waals surface area (Å²) in [6.07, 6.45) is 1.31. The summed E-state index contributed by atoms with van der Waals surface area (Å²) >= 11 is 9.44. The van der Waals surface area contributed by atoms with Gasteiger partial charge < -0.3 is 11.5 Å². The summed E-state index contributed by atoms with van der Waals surface area (Å²) in [7, 11) is 0. The number of aromatic nitrogens is 2. The molecule has 1 aromatic heterocycles. The third kappa shape index (κ3) is 1.81. The van der Waals surface area contributed by atoms with Gasteiger partial charge in [-0.25, -0.2) is 0 Å². The Bertz CT molecular complexity index is 416. The summed E-state index contributed by atoms with van der Waals surface area (Å²) in [5, 5.41) is 16.1. The maximum absolute atomic E-state index is 8.85. The van der Waals surface area contributed by atoms with Gasteiger partial charge in [0.25, 0.3) is 0 Å². The molecule has 0 unspecified atom stereocenters. The molecule has 0 spiro atoms. The summed E-state index contributed by atoms with van der Waals surface area (Å²) in [5.41, 5.74) is 11.4. The van der Waals surface area contributed by atoms with Crippen molar-refractivity contribution < 1.29 is 0 Å². The monoisotopic (exact) mass is 223 g/mol. The number of nitriles is 1. The van der Waals surface area contributed by atoms with Crippen LogP contribution in [0.3, 0.4) is 0 Å². The van der Waals surface area contributed by atoms with Gasteiger partial charge in [-0.2, -0.15) is 10.4 Å². The van der Waals surface area contributed by atoms with Gasteiger partial charge in [0, 0.05) is 5.56 Å². The normalized spacial score (nSPS) is 9.07. The van der Waals surface area contributed by atoms with Crippen LogP contribution < -0.4 is 11.5 Å². The van der Waals surface area contributed by atoms with E-state index in [1.165, 1.54) is 6.20 Å². The van der Waals surface area contributed by atoms with Crippen molar-refractivity contribution in [3.63, 3.8) is 0 Å². The van der Waals surface area contributed by atoms with Gasteiger partial charge in [0.15, 0.2) is 0 Å². The quantitative estimate of drug-likeness (QED) is 0.659. The fourth-order valence-corrected chi connectivity index (χ4v) is 1.16. The molecule has 4 N–H and O–H groups in total. The lowest BCUT2D eigenvalue weighted by atomic mass is 10.1. The lowest BCUT2D eigenvalue weighted by molar-refractivity contribution is 1.01. The van der Waals surface area contributed by atoms with E-state index in [-0.39, 0.29) is 21.2 Å². The highest BCUT2D eigenvalue weighted by molar-refractivity contribution is 7.81. The molecule has 0 radical (unpaired) electrons. The Morgan fingerprint density at radius 1 is 1.36 bits per heavy atom. The van der Waals surface area contributed by atoms with E-state index in [9.17, 15) is 0 Å². The minimum absolute atomic E-state index is 0.00727. The molecule has 70 valence electrons. The molecule has 5 nitrogen and oxygen atoms in total. The number of hydrogen-bond donors (Lipinski definition) is 2. The standard InChI is InChI=1S/C7H5N5S2/c8-1-3-4(6(9)13)2-11-12-5(3)7(10)14/h2H,(H2,9,13)(H2,10,14). The van der Waals surface area contributed by atoms with Gasteiger partial charge in [-0.05, 0) is 0 Å². The molecule has 7 heteroatoms. The van der Waals surface area contributed by atoms with Crippen molar-refractivity contribution in [2.24, 2.45) is 11.5 Å². The molecule has 0 atom stereocenters. The van der Waals surface area contributed by atoms with E-state index in [1.807, 2.05) is 6.07 Å². The van der Waals surface area contributed by atoms with Crippen LogP contribution in [0.1, 0.15) is 16.8 Å². The van der Waals surface area contributed by atoms with Crippen molar-refractivity contribution in [3.8, 4) is 6.07 Å². The number of rotatable bonds is 2. The molecule has 0 aliphatic carbocycles. The zero-order valence-electron chi connectivity index (χ0n) is 6.89. The first kappa shape index (κ1) is 10.4. The van der Waals surface area contributed by atoms with Crippen LogP contribution in [-0.4, -0.2) is 20.2 Å². The van der Waals surface area contributed by atoms with Crippen molar-refractivity contribution in [3.05, 3.63) is 23.0 Å². The molecule has 14 heavy (non-hydrogen) atoms. The van der Waals surface area contributed by atoms with Crippen LogP contribution in [0, 0.1) is 11.3 Å². The Labute approximate surface area is 90.7 Å². The van der Waals surface area contributed by atoms with E-state index < -0.39 is 0 Å². The van der Waals surface area contributed by atoms with Gasteiger partial charge in [0.1, 0.15) is 21.7 Å². The first-order valence-electron chi connectivity index (χ1n) is 3.43. The average molecular weight is 223 g/mol. The second kappa shape index (κ2) is 4.04. The fraction of sp³-hybridized carbons (Fsp3) is 0. The number of nitrogens with two attached hydrogens (primary N) is 2. The van der Waals surface area contributed by atoms with Crippen molar-refractivity contribution in [2.45, 2.75) is 0 Å². The van der Waals surface area contributed by atoms with E-state index in [4.69, 9.17) is 41.2 Å². The molecule has 1 heterocycles. The molecule has 0 bridgehead atoms. The van der Waals surface area contributed by atoms with Crippen LogP contribution in [-0.2, 0) is 0 Å². The Kier molecular flexibility index (Phi) is 3.01. The topological polar surface area (TPSA) is 102 Å². The predicted octanol–water partition coefficient (Wildman–Crippen LogP) is -0.383. The van der Waals surface area contributed by atoms with Crippen molar-refractivity contribution in [2.75, 3.05) is 0 Å². The molecule has 0 aliphatic heterocycles. The Morgan fingerprint density at radius 3 is 2.43 bits per heavy atom. The van der Waals surface area contributed by atoms with Crippen LogP contribution >= 0.6 is 24.4 Å². The van der Waals surface area contributed by atoms with Crippen molar-refractivity contribution in [1.82, 2.24) is 10.2 Å². The van der Waals surface area contributed by atoms with E-state index in [0.29, 0.717) is 5.56 Å². The van der Waals surface area contributed by atoms with Gasteiger partial charge in [-0.3, -0.25) is 0 Å². The largest absolute Gasteiger partial charge is 0.389 e. The zero-order valence-corrected chi connectivity index (χ0v) is 8.52. The minimum atomic E-state index is -0.00727. The Morgan fingerprint density at radius 2 is 2.00 bits per heavy atom. The molecule has 0 aliphatic rings. The highest BCUT2D eigenvalue weighted by Gasteiger charge is 2.13. The van der Waals surface area contributed by atoms with Crippen molar-refractivity contribution in [1.29, 1.82) is 5.26 Å². The van der Waals surface area contributed by atoms with Gasteiger partial charge in [-0.15, -0.1) is 5.10 Å². The van der Waals surface area contributed by atoms with E-state index in [2.05, 4.69) is 10.2 Å². The second-order valence-electron chi connectivity index (χ2n) is 2.32. The number of thiocarbonyl (C=S) groups is 2. The summed E-state index contributed by atoms with van der Waals surface area (Å²) in [6, 6.07) is 1.89. The molecule has 0 fully saturated rings. The van der Waals surface area contributed by atoms with Gasteiger partial charge in [0.05, 0.1) is 11.8 Å². The highest BCUT2D eigenvalue weighted by atomic mass is 32.1. The van der Waals surface area contributed by atoms with Crippen LogP contribution in [0.25, 0.3) is 0 Å². The average Bonchev–Trinajstić information content (AvgIpc) is 2.16. The smallest absolute Gasteiger partial charge is 0.138 e. The summed E-state index contributed by atoms with van der Waals surface area (Å²) in [6.45, 7) is 0. The molecule has 1 aromatic rings. The molecule has 0 aromatic carbocycles. The zero-order chi connectivity index (χ0) is 10.7. The lowest BCUT2D eigenvalue weighted by Crippen LogP contribution is -2.19. The third-order valence-corrected chi connectivity index (χ3v) is 1.87. The maximum atomic E-state index is 8.85. The molecular formula is C7H5N5S2. The minimum Gasteiger partial charge on any atom is -0.389 e. The molecule has 0 saturated carbocycles. The Hall–Kier alpha value is -1.65.